The molecule has 0 unspecified atom stereocenters. The minimum atomic E-state index is -4.49. The predicted octanol–water partition coefficient (Wildman–Crippen LogP) is 1.88. The number of nitrogens with zero attached hydrogens (tertiary/aromatic N) is 4. The molecule has 0 spiro atoms. The zero-order valence-corrected chi connectivity index (χ0v) is 14.1. The lowest BCUT2D eigenvalue weighted by atomic mass is 9.95. The number of halogens is 3. The smallest absolute Gasteiger partial charge is 0.378 e. The van der Waals surface area contributed by atoms with E-state index in [1.807, 2.05) is 4.90 Å². The third-order valence-electron chi connectivity index (χ3n) is 4.61. The van der Waals surface area contributed by atoms with Gasteiger partial charge in [-0.1, -0.05) is 0 Å². The molecular formula is C16H21F3N4O2. The van der Waals surface area contributed by atoms with E-state index in [9.17, 15) is 18.0 Å². The molecule has 138 valence electrons. The van der Waals surface area contributed by atoms with Crippen LogP contribution >= 0.6 is 0 Å². The predicted molar refractivity (Wildman–Crippen MR) is 84.1 cm³/mol. The van der Waals surface area contributed by atoms with Crippen LogP contribution in [0, 0.1) is 12.8 Å². The minimum Gasteiger partial charge on any atom is -0.378 e. The molecule has 0 saturated carbocycles. The van der Waals surface area contributed by atoms with Crippen molar-refractivity contribution in [1.29, 1.82) is 0 Å². The number of rotatable bonds is 2. The summed E-state index contributed by atoms with van der Waals surface area (Å²) in [6.07, 6.45) is -3.27. The monoisotopic (exact) mass is 358 g/mol. The molecule has 0 N–H and O–H groups in total. The molecule has 6 nitrogen and oxygen atoms in total. The summed E-state index contributed by atoms with van der Waals surface area (Å²) >= 11 is 0. The molecule has 0 bridgehead atoms. The van der Waals surface area contributed by atoms with Crippen LogP contribution < -0.4 is 4.90 Å². The number of amides is 1. The van der Waals surface area contributed by atoms with Gasteiger partial charge in [0, 0.05) is 38.2 Å². The molecule has 2 saturated heterocycles. The Morgan fingerprint density at radius 3 is 2.40 bits per heavy atom. The Balaban J connectivity index is 1.64. The molecule has 1 aromatic heterocycles. The van der Waals surface area contributed by atoms with E-state index in [2.05, 4.69) is 9.97 Å². The van der Waals surface area contributed by atoms with E-state index < -0.39 is 11.9 Å². The summed E-state index contributed by atoms with van der Waals surface area (Å²) in [5, 5.41) is 0. The van der Waals surface area contributed by atoms with Gasteiger partial charge in [0.05, 0.1) is 13.2 Å². The van der Waals surface area contributed by atoms with Crippen LogP contribution in [0.4, 0.5) is 19.0 Å². The molecule has 25 heavy (non-hydrogen) atoms. The topological polar surface area (TPSA) is 58.6 Å². The number of hydrogen-bond donors (Lipinski definition) is 0. The van der Waals surface area contributed by atoms with Gasteiger partial charge in [0.15, 0.2) is 0 Å². The molecule has 2 aliphatic rings. The van der Waals surface area contributed by atoms with Gasteiger partial charge in [0.1, 0.15) is 17.3 Å². The highest BCUT2D eigenvalue weighted by Crippen LogP contribution is 2.31. The summed E-state index contributed by atoms with van der Waals surface area (Å²) in [5.41, 5.74) is -0.929. The van der Waals surface area contributed by atoms with Gasteiger partial charge >= 0.3 is 6.18 Å². The van der Waals surface area contributed by atoms with Crippen LogP contribution in [0.25, 0.3) is 0 Å². The highest BCUT2D eigenvalue weighted by atomic mass is 19.4. The molecular weight excluding hydrogens is 337 g/mol. The maximum Gasteiger partial charge on any atom is 0.433 e. The van der Waals surface area contributed by atoms with Crippen molar-refractivity contribution in [2.24, 2.45) is 5.92 Å². The third-order valence-corrected chi connectivity index (χ3v) is 4.61. The van der Waals surface area contributed by atoms with Gasteiger partial charge in [-0.3, -0.25) is 4.79 Å². The lowest BCUT2D eigenvalue weighted by Gasteiger charge is -2.36. The summed E-state index contributed by atoms with van der Waals surface area (Å²) in [6, 6.07) is 0.983. The quantitative estimate of drug-likeness (QED) is 0.808. The Hall–Kier alpha value is -1.90. The maximum atomic E-state index is 12.9. The highest BCUT2D eigenvalue weighted by Gasteiger charge is 2.35. The van der Waals surface area contributed by atoms with Gasteiger partial charge < -0.3 is 14.5 Å². The number of aryl methyl sites for hydroxylation is 1. The van der Waals surface area contributed by atoms with Gasteiger partial charge in [-0.2, -0.15) is 13.2 Å². The Morgan fingerprint density at radius 1 is 1.16 bits per heavy atom. The van der Waals surface area contributed by atoms with Gasteiger partial charge in [0.25, 0.3) is 0 Å². The number of carbonyl (C=O) groups excluding carboxylic acids is 1. The number of carbonyl (C=O) groups is 1. The number of aromatic nitrogens is 2. The van der Waals surface area contributed by atoms with E-state index in [4.69, 9.17) is 4.74 Å². The fourth-order valence-corrected chi connectivity index (χ4v) is 3.26. The Labute approximate surface area is 144 Å². The molecule has 1 aromatic rings. The first-order valence-corrected chi connectivity index (χ1v) is 8.39. The SMILES string of the molecule is Cc1nc(N2CCC(C(=O)N3CCOCC3)CC2)cc(C(F)(F)F)n1. The second-order valence-electron chi connectivity index (χ2n) is 6.36. The van der Waals surface area contributed by atoms with E-state index in [0.29, 0.717) is 52.2 Å². The van der Waals surface area contributed by atoms with Crippen molar-refractivity contribution in [1.82, 2.24) is 14.9 Å². The first-order chi connectivity index (χ1) is 11.8. The van der Waals surface area contributed by atoms with Crippen molar-refractivity contribution in [2.45, 2.75) is 25.9 Å². The van der Waals surface area contributed by atoms with E-state index in [0.717, 1.165) is 6.07 Å². The fraction of sp³-hybridized carbons (Fsp3) is 0.688. The summed E-state index contributed by atoms with van der Waals surface area (Å²) in [4.78, 5) is 23.7. The molecule has 3 heterocycles. The largest absolute Gasteiger partial charge is 0.433 e. The molecule has 0 aliphatic carbocycles. The second kappa shape index (κ2) is 7.15. The van der Waals surface area contributed by atoms with Gasteiger partial charge in [0.2, 0.25) is 5.91 Å². The normalized spacial score (nSPS) is 20.0. The van der Waals surface area contributed by atoms with Crippen molar-refractivity contribution >= 4 is 11.7 Å². The minimum absolute atomic E-state index is 0.0839. The summed E-state index contributed by atoms with van der Waals surface area (Å²) in [5.74, 6) is 0.408. The van der Waals surface area contributed by atoms with Crippen LogP contribution in [0.3, 0.4) is 0 Å². The van der Waals surface area contributed by atoms with Crippen LogP contribution in [0.15, 0.2) is 6.07 Å². The van der Waals surface area contributed by atoms with Crippen molar-refractivity contribution in [3.63, 3.8) is 0 Å². The number of anilines is 1. The number of piperidine rings is 1. The zero-order valence-electron chi connectivity index (χ0n) is 14.1. The van der Waals surface area contributed by atoms with Crippen molar-refractivity contribution in [3.8, 4) is 0 Å². The molecule has 0 aromatic carbocycles. The molecule has 0 atom stereocenters. The Kier molecular flexibility index (Phi) is 5.12. The number of hydrogen-bond acceptors (Lipinski definition) is 5. The van der Waals surface area contributed by atoms with Gasteiger partial charge in [-0.15, -0.1) is 0 Å². The molecule has 2 fully saturated rings. The Morgan fingerprint density at radius 2 is 1.80 bits per heavy atom. The van der Waals surface area contributed by atoms with Crippen LogP contribution in [0.1, 0.15) is 24.4 Å². The summed E-state index contributed by atoms with van der Waals surface area (Å²) < 4.78 is 44.0. The van der Waals surface area contributed by atoms with E-state index in [1.165, 1.54) is 6.92 Å². The van der Waals surface area contributed by atoms with E-state index >= 15 is 0 Å². The molecule has 1 amide bonds. The second-order valence-corrected chi connectivity index (χ2v) is 6.36. The van der Waals surface area contributed by atoms with Crippen LogP contribution in [0.5, 0.6) is 0 Å². The number of morpholine rings is 1. The Bertz CT molecular complexity index is 624. The fourth-order valence-electron chi connectivity index (χ4n) is 3.26. The molecule has 2 aliphatic heterocycles. The van der Waals surface area contributed by atoms with Crippen molar-refractivity contribution in [3.05, 3.63) is 17.6 Å². The third kappa shape index (κ3) is 4.20. The van der Waals surface area contributed by atoms with E-state index in [1.54, 1.807) is 4.90 Å². The zero-order chi connectivity index (χ0) is 18.0. The van der Waals surface area contributed by atoms with Gasteiger partial charge in [-0.25, -0.2) is 9.97 Å². The van der Waals surface area contributed by atoms with Gasteiger partial charge in [-0.05, 0) is 19.8 Å². The molecule has 0 radical (unpaired) electrons. The summed E-state index contributed by atoms with van der Waals surface area (Å²) in [6.45, 7) is 4.81. The first kappa shape index (κ1) is 17.9. The first-order valence-electron chi connectivity index (χ1n) is 8.39. The highest BCUT2D eigenvalue weighted by molar-refractivity contribution is 5.79. The maximum absolute atomic E-state index is 12.9. The molecule has 3 rings (SSSR count). The van der Waals surface area contributed by atoms with Crippen LogP contribution in [-0.4, -0.2) is 60.2 Å². The van der Waals surface area contributed by atoms with Crippen LogP contribution in [-0.2, 0) is 15.7 Å². The standard InChI is InChI=1S/C16H21F3N4O2/c1-11-20-13(16(17,18)19)10-14(21-11)22-4-2-12(3-5-22)15(24)23-6-8-25-9-7-23/h10,12H,2-9H2,1H3. The lowest BCUT2D eigenvalue weighted by Crippen LogP contribution is -2.47. The molecule has 9 heteroatoms. The van der Waals surface area contributed by atoms with E-state index in [-0.39, 0.29) is 23.5 Å². The number of ether oxygens (including phenoxy) is 1. The average Bonchev–Trinajstić information content (AvgIpc) is 2.61. The van der Waals surface area contributed by atoms with Crippen LogP contribution in [0.2, 0.25) is 0 Å². The summed E-state index contributed by atoms with van der Waals surface area (Å²) in [7, 11) is 0. The van der Waals surface area contributed by atoms with Crippen molar-refractivity contribution < 1.29 is 22.7 Å². The lowest BCUT2D eigenvalue weighted by molar-refractivity contribution is -0.141. The average molecular weight is 358 g/mol. The van der Waals surface area contributed by atoms with Crippen molar-refractivity contribution in [2.75, 3.05) is 44.3 Å². The number of alkyl halides is 3.